The van der Waals surface area contributed by atoms with Gasteiger partial charge in [0.2, 0.25) is 5.95 Å². The molecule has 2 saturated heterocycles. The molecular formula is C37H45FN8O5. The largest absolute Gasteiger partial charge is 0.507 e. The molecule has 3 aromatic heterocycles. The molecule has 5 aromatic rings. The summed E-state index contributed by atoms with van der Waals surface area (Å²) in [5.41, 5.74) is 2.72. The van der Waals surface area contributed by atoms with Crippen LogP contribution in [0.25, 0.3) is 16.6 Å². The van der Waals surface area contributed by atoms with E-state index in [0.29, 0.717) is 52.2 Å². The first-order chi connectivity index (χ1) is 24.9. The number of fused-ring (bicyclic) bond motifs is 3. The zero-order valence-corrected chi connectivity index (χ0v) is 29.3. The highest BCUT2D eigenvalue weighted by molar-refractivity contribution is 5.93. The van der Waals surface area contributed by atoms with Crippen LogP contribution in [-0.2, 0) is 16.0 Å². The number of rotatable bonds is 10. The molecule has 0 radical (unpaired) electrons. The topological polar surface area (TPSA) is 133 Å². The minimum Gasteiger partial charge on any atom is -0.507 e. The Morgan fingerprint density at radius 3 is 2.73 bits per heavy atom. The molecule has 2 N–H and O–H groups in total. The summed E-state index contributed by atoms with van der Waals surface area (Å²) in [5, 5.41) is 24.3. The van der Waals surface area contributed by atoms with Crippen molar-refractivity contribution in [3.63, 3.8) is 0 Å². The standard InChI is InChI=1S/C37H45FN8O5/c1-22-10-11-24(20-44(22)25-19-40-45(21-25)30-7-6-8-32(30)51-34-9-4-5-14-50-34)35-42-36-27-16-28(38)33(49-3)17-29(27)41-37(46(36)43-35)39-18-23-12-13-26(48-2)15-31(23)47/h12-13,15-17,19,21-22,24,30,32,34,47H,4-11,14,18,20H2,1-3H3,(H,39,41). The molecule has 270 valence electrons. The number of benzene rings is 2. The molecule has 0 bridgehead atoms. The quantitative estimate of drug-likeness (QED) is 0.169. The van der Waals surface area contributed by atoms with Crippen LogP contribution >= 0.6 is 0 Å². The monoisotopic (exact) mass is 700 g/mol. The van der Waals surface area contributed by atoms with Gasteiger partial charge in [0.1, 0.15) is 11.5 Å². The van der Waals surface area contributed by atoms with Crippen molar-refractivity contribution in [2.75, 3.05) is 37.6 Å². The molecule has 0 amide bonds. The van der Waals surface area contributed by atoms with Crippen LogP contribution < -0.4 is 19.7 Å². The second kappa shape index (κ2) is 14.1. The van der Waals surface area contributed by atoms with Crippen molar-refractivity contribution < 1.29 is 28.4 Å². The third kappa shape index (κ3) is 6.62. The van der Waals surface area contributed by atoms with Gasteiger partial charge in [0.25, 0.3) is 0 Å². The first-order valence-corrected chi connectivity index (χ1v) is 18.0. The third-order valence-electron chi connectivity index (χ3n) is 10.7. The van der Waals surface area contributed by atoms with Crippen LogP contribution in [0.2, 0.25) is 0 Å². The molecule has 8 rings (SSSR count). The molecule has 2 aliphatic heterocycles. The number of aromatic nitrogens is 6. The van der Waals surface area contributed by atoms with Crippen molar-refractivity contribution in [1.82, 2.24) is 29.4 Å². The van der Waals surface area contributed by atoms with E-state index in [0.717, 1.165) is 63.7 Å². The van der Waals surface area contributed by atoms with Gasteiger partial charge in [-0.3, -0.25) is 4.68 Å². The normalized spacial score (nSPS) is 24.0. The molecule has 5 unspecified atom stereocenters. The number of ether oxygens (including phenoxy) is 4. The van der Waals surface area contributed by atoms with Crippen molar-refractivity contribution in [2.45, 2.75) is 95.2 Å². The van der Waals surface area contributed by atoms with Gasteiger partial charge >= 0.3 is 0 Å². The highest BCUT2D eigenvalue weighted by Crippen LogP contribution is 2.38. The van der Waals surface area contributed by atoms with E-state index in [-0.39, 0.29) is 42.4 Å². The van der Waals surface area contributed by atoms with Crippen molar-refractivity contribution in [2.24, 2.45) is 0 Å². The van der Waals surface area contributed by atoms with Gasteiger partial charge in [0.05, 0.1) is 43.8 Å². The Morgan fingerprint density at radius 1 is 1.02 bits per heavy atom. The van der Waals surface area contributed by atoms with E-state index >= 15 is 4.39 Å². The van der Waals surface area contributed by atoms with E-state index in [9.17, 15) is 5.11 Å². The molecule has 13 nitrogen and oxygen atoms in total. The zero-order chi connectivity index (χ0) is 35.1. The van der Waals surface area contributed by atoms with Crippen molar-refractivity contribution in [3.8, 4) is 17.2 Å². The fourth-order valence-electron chi connectivity index (χ4n) is 7.78. The summed E-state index contributed by atoms with van der Waals surface area (Å²) in [6.07, 6.45) is 12.3. The van der Waals surface area contributed by atoms with E-state index in [1.165, 1.54) is 13.2 Å². The van der Waals surface area contributed by atoms with Crippen LogP contribution in [0.3, 0.4) is 0 Å². The van der Waals surface area contributed by atoms with Gasteiger partial charge in [0.15, 0.2) is 29.3 Å². The first kappa shape index (κ1) is 33.5. The number of piperidine rings is 1. The highest BCUT2D eigenvalue weighted by atomic mass is 19.1. The molecule has 0 spiro atoms. The Hall–Kier alpha value is -4.69. The van der Waals surface area contributed by atoms with E-state index < -0.39 is 5.82 Å². The minimum atomic E-state index is -0.502. The van der Waals surface area contributed by atoms with Gasteiger partial charge in [-0.2, -0.15) is 9.61 Å². The summed E-state index contributed by atoms with van der Waals surface area (Å²) in [6, 6.07) is 8.60. The second-order valence-corrected chi connectivity index (χ2v) is 13.9. The number of aromatic hydroxyl groups is 1. The van der Waals surface area contributed by atoms with Crippen molar-refractivity contribution in [3.05, 3.63) is 59.9 Å². The molecule has 1 aliphatic carbocycles. The van der Waals surface area contributed by atoms with Crippen LogP contribution in [0.1, 0.15) is 81.6 Å². The Balaban J connectivity index is 1.07. The van der Waals surface area contributed by atoms with Crippen LogP contribution in [-0.4, -0.2) is 80.3 Å². The van der Waals surface area contributed by atoms with Gasteiger partial charge in [-0.15, -0.1) is 5.10 Å². The van der Waals surface area contributed by atoms with Crippen LogP contribution in [0.15, 0.2) is 42.7 Å². The lowest BCUT2D eigenvalue weighted by Gasteiger charge is -2.38. The van der Waals surface area contributed by atoms with Gasteiger partial charge in [-0.05, 0) is 76.5 Å². The van der Waals surface area contributed by atoms with Gasteiger partial charge in [-0.25, -0.2) is 14.4 Å². The smallest absolute Gasteiger partial charge is 0.226 e. The van der Waals surface area contributed by atoms with E-state index in [1.54, 1.807) is 35.9 Å². The maximum Gasteiger partial charge on any atom is 0.226 e. The number of hydrogen-bond acceptors (Lipinski definition) is 11. The first-order valence-electron chi connectivity index (χ1n) is 18.0. The van der Waals surface area contributed by atoms with Gasteiger partial charge in [0, 0.05) is 60.9 Å². The number of phenolic OH excluding ortho intramolecular Hbond substituents is 1. The summed E-state index contributed by atoms with van der Waals surface area (Å²) in [4.78, 5) is 12.2. The Morgan fingerprint density at radius 2 is 1.92 bits per heavy atom. The molecular weight excluding hydrogens is 655 g/mol. The fourth-order valence-corrected chi connectivity index (χ4v) is 7.78. The summed E-state index contributed by atoms with van der Waals surface area (Å²) < 4.78 is 41.6. The van der Waals surface area contributed by atoms with Gasteiger partial charge in [-0.1, -0.05) is 0 Å². The number of nitrogens with one attached hydrogen (secondary N) is 1. The Kier molecular flexibility index (Phi) is 9.28. The fraction of sp³-hybridized carbons (Fsp3) is 0.514. The van der Waals surface area contributed by atoms with E-state index in [2.05, 4.69) is 28.0 Å². The van der Waals surface area contributed by atoms with Crippen LogP contribution in [0, 0.1) is 5.82 Å². The highest BCUT2D eigenvalue weighted by Gasteiger charge is 2.35. The zero-order valence-electron chi connectivity index (χ0n) is 29.3. The summed E-state index contributed by atoms with van der Waals surface area (Å²) in [7, 11) is 2.98. The van der Waals surface area contributed by atoms with Gasteiger partial charge < -0.3 is 34.3 Å². The maximum absolute atomic E-state index is 15.0. The third-order valence-corrected chi connectivity index (χ3v) is 10.7. The molecule has 1 saturated carbocycles. The molecule has 14 heteroatoms. The van der Waals surface area contributed by atoms with Crippen molar-refractivity contribution >= 4 is 28.2 Å². The lowest BCUT2D eigenvalue weighted by atomic mass is 9.92. The number of phenols is 1. The predicted molar refractivity (Wildman–Crippen MR) is 189 cm³/mol. The predicted octanol–water partition coefficient (Wildman–Crippen LogP) is 6.36. The average molecular weight is 701 g/mol. The second-order valence-electron chi connectivity index (χ2n) is 13.9. The number of nitrogens with zero attached hydrogens (tertiary/aromatic N) is 7. The number of halogens is 1. The molecule has 2 aromatic carbocycles. The van der Waals surface area contributed by atoms with Crippen LogP contribution in [0.4, 0.5) is 16.0 Å². The Bertz CT molecular complexity index is 2010. The lowest BCUT2D eigenvalue weighted by molar-refractivity contribution is -0.193. The Labute approximate surface area is 295 Å². The summed E-state index contributed by atoms with van der Waals surface area (Å²) >= 11 is 0. The molecule has 51 heavy (non-hydrogen) atoms. The molecule has 5 heterocycles. The molecule has 5 atom stereocenters. The summed E-state index contributed by atoms with van der Waals surface area (Å²) in [5.74, 6) is 1.34. The van der Waals surface area contributed by atoms with E-state index in [1.807, 2.05) is 6.20 Å². The number of anilines is 2. The lowest BCUT2D eigenvalue weighted by Crippen LogP contribution is -2.41. The van der Waals surface area contributed by atoms with E-state index in [4.69, 9.17) is 39.1 Å². The number of hydrogen-bond donors (Lipinski definition) is 2. The SMILES string of the molecule is COc1ccc(CNc2nc3cc(OC)c(F)cc3c3nc(C4CCC(C)N(c5cnn(C6CCCC6OC6CCCCO6)c5)C4)nn23)c(O)c1. The average Bonchev–Trinajstić information content (AvgIpc) is 3.92. The van der Waals surface area contributed by atoms with Crippen LogP contribution in [0.5, 0.6) is 17.2 Å². The summed E-state index contributed by atoms with van der Waals surface area (Å²) in [6.45, 7) is 3.99. The maximum atomic E-state index is 15.0. The minimum absolute atomic E-state index is 0.0205. The molecule has 3 fully saturated rings. The molecule has 3 aliphatic rings. The van der Waals surface area contributed by atoms with Crippen molar-refractivity contribution in [1.29, 1.82) is 0 Å². The number of methoxy groups -OCH3 is 2.